The maximum absolute atomic E-state index is 3.57. The van der Waals surface area contributed by atoms with E-state index in [1.165, 1.54) is 16.6 Å². The second kappa shape index (κ2) is 5.28. The third-order valence-electron chi connectivity index (χ3n) is 2.07. The lowest BCUT2D eigenvalue weighted by molar-refractivity contribution is 0.790. The largest absolute Gasteiger partial charge is 0.371 e. The molecule has 0 unspecified atom stereocenters. The van der Waals surface area contributed by atoms with Crippen LogP contribution in [0.4, 0.5) is 5.69 Å². The highest BCUT2D eigenvalue weighted by Crippen LogP contribution is 2.25. The van der Waals surface area contributed by atoms with Crippen molar-refractivity contribution >= 4 is 21.6 Å². The highest BCUT2D eigenvalue weighted by Gasteiger charge is 2.05. The predicted octanol–water partition coefficient (Wildman–Crippen LogP) is 3.69. The topological polar surface area (TPSA) is 3.24 Å². The SMILES string of the molecule is CCCN(CC)c1ccccc1Br. The zero-order valence-corrected chi connectivity index (χ0v) is 9.84. The van der Waals surface area contributed by atoms with Gasteiger partial charge < -0.3 is 4.90 Å². The second-order valence-electron chi connectivity index (χ2n) is 3.03. The first-order valence-electron chi connectivity index (χ1n) is 4.79. The van der Waals surface area contributed by atoms with Gasteiger partial charge in [-0.2, -0.15) is 0 Å². The first kappa shape index (κ1) is 10.6. The number of benzene rings is 1. The van der Waals surface area contributed by atoms with Crippen LogP contribution in [0.5, 0.6) is 0 Å². The Morgan fingerprint density at radius 2 is 1.92 bits per heavy atom. The van der Waals surface area contributed by atoms with E-state index in [1.54, 1.807) is 0 Å². The maximum Gasteiger partial charge on any atom is 0.0510 e. The van der Waals surface area contributed by atoms with Gasteiger partial charge in [-0.05, 0) is 41.4 Å². The van der Waals surface area contributed by atoms with Gasteiger partial charge in [-0.1, -0.05) is 19.1 Å². The molecule has 0 amide bonds. The molecule has 72 valence electrons. The van der Waals surface area contributed by atoms with E-state index in [0.717, 1.165) is 13.1 Å². The van der Waals surface area contributed by atoms with E-state index < -0.39 is 0 Å². The molecule has 13 heavy (non-hydrogen) atoms. The summed E-state index contributed by atoms with van der Waals surface area (Å²) in [6.07, 6.45) is 1.19. The molecule has 0 spiro atoms. The van der Waals surface area contributed by atoms with Crippen LogP contribution in [0.25, 0.3) is 0 Å². The number of para-hydroxylation sites is 1. The van der Waals surface area contributed by atoms with E-state index >= 15 is 0 Å². The molecule has 0 radical (unpaired) electrons. The van der Waals surface area contributed by atoms with Crippen molar-refractivity contribution < 1.29 is 0 Å². The smallest absolute Gasteiger partial charge is 0.0510 e. The Balaban J connectivity index is 2.84. The second-order valence-corrected chi connectivity index (χ2v) is 3.89. The third kappa shape index (κ3) is 2.73. The normalized spacial score (nSPS) is 10.1. The number of hydrogen-bond donors (Lipinski definition) is 0. The number of halogens is 1. The lowest BCUT2D eigenvalue weighted by Gasteiger charge is -2.23. The fourth-order valence-electron chi connectivity index (χ4n) is 1.43. The average Bonchev–Trinajstić information content (AvgIpc) is 2.16. The molecule has 0 atom stereocenters. The molecule has 1 nitrogen and oxygen atoms in total. The van der Waals surface area contributed by atoms with Gasteiger partial charge in [-0.15, -0.1) is 0 Å². The Labute approximate surface area is 88.9 Å². The zero-order chi connectivity index (χ0) is 9.68. The van der Waals surface area contributed by atoms with E-state index in [1.807, 2.05) is 6.07 Å². The van der Waals surface area contributed by atoms with Crippen LogP contribution in [0.2, 0.25) is 0 Å². The Hall–Kier alpha value is -0.500. The van der Waals surface area contributed by atoms with Gasteiger partial charge in [0.2, 0.25) is 0 Å². The number of anilines is 1. The third-order valence-corrected chi connectivity index (χ3v) is 2.74. The monoisotopic (exact) mass is 241 g/mol. The van der Waals surface area contributed by atoms with Crippen molar-refractivity contribution in [1.29, 1.82) is 0 Å². The molecule has 2 heteroatoms. The van der Waals surface area contributed by atoms with E-state index in [4.69, 9.17) is 0 Å². The fraction of sp³-hybridized carbons (Fsp3) is 0.455. The minimum Gasteiger partial charge on any atom is -0.371 e. The molecule has 0 aromatic heterocycles. The van der Waals surface area contributed by atoms with Crippen LogP contribution >= 0.6 is 15.9 Å². The van der Waals surface area contributed by atoms with Gasteiger partial charge in [-0.25, -0.2) is 0 Å². The summed E-state index contributed by atoms with van der Waals surface area (Å²) >= 11 is 3.57. The lowest BCUT2D eigenvalue weighted by atomic mass is 10.2. The van der Waals surface area contributed by atoms with Gasteiger partial charge in [0.05, 0.1) is 5.69 Å². The van der Waals surface area contributed by atoms with Crippen molar-refractivity contribution in [3.05, 3.63) is 28.7 Å². The van der Waals surface area contributed by atoms with Gasteiger partial charge in [0, 0.05) is 17.6 Å². The summed E-state index contributed by atoms with van der Waals surface area (Å²) in [6, 6.07) is 8.38. The molecule has 1 rings (SSSR count). The Morgan fingerprint density at radius 3 is 2.46 bits per heavy atom. The summed E-state index contributed by atoms with van der Waals surface area (Å²) in [5, 5.41) is 0. The van der Waals surface area contributed by atoms with Crippen LogP contribution in [-0.2, 0) is 0 Å². The Kier molecular flexibility index (Phi) is 4.29. The molecule has 0 saturated heterocycles. The summed E-state index contributed by atoms with van der Waals surface area (Å²) in [5.41, 5.74) is 1.30. The van der Waals surface area contributed by atoms with Crippen molar-refractivity contribution in [2.75, 3.05) is 18.0 Å². The first-order valence-corrected chi connectivity index (χ1v) is 5.58. The molecule has 0 aliphatic rings. The quantitative estimate of drug-likeness (QED) is 0.778. The van der Waals surface area contributed by atoms with Crippen LogP contribution in [0.1, 0.15) is 20.3 Å². The molecule has 0 bridgehead atoms. The lowest BCUT2D eigenvalue weighted by Crippen LogP contribution is -2.23. The minimum absolute atomic E-state index is 1.07. The maximum atomic E-state index is 3.57. The fourth-order valence-corrected chi connectivity index (χ4v) is 1.96. The van der Waals surface area contributed by atoms with Gasteiger partial charge in [0.15, 0.2) is 0 Å². The zero-order valence-electron chi connectivity index (χ0n) is 8.26. The van der Waals surface area contributed by atoms with Gasteiger partial charge in [-0.3, -0.25) is 0 Å². The van der Waals surface area contributed by atoms with Gasteiger partial charge in [0.1, 0.15) is 0 Å². The first-order chi connectivity index (χ1) is 6.29. The van der Waals surface area contributed by atoms with Gasteiger partial charge in [0.25, 0.3) is 0 Å². The van der Waals surface area contributed by atoms with Crippen LogP contribution < -0.4 is 4.90 Å². The summed E-state index contributed by atoms with van der Waals surface area (Å²) in [5.74, 6) is 0. The van der Waals surface area contributed by atoms with Crippen LogP contribution in [0, 0.1) is 0 Å². The van der Waals surface area contributed by atoms with E-state index in [-0.39, 0.29) is 0 Å². The van der Waals surface area contributed by atoms with E-state index in [9.17, 15) is 0 Å². The van der Waals surface area contributed by atoms with Crippen molar-refractivity contribution in [3.8, 4) is 0 Å². The summed E-state index contributed by atoms with van der Waals surface area (Å²) in [4.78, 5) is 2.38. The number of nitrogens with zero attached hydrogens (tertiary/aromatic N) is 1. The van der Waals surface area contributed by atoms with E-state index in [0.29, 0.717) is 0 Å². The predicted molar refractivity (Wildman–Crippen MR) is 62.3 cm³/mol. The molecule has 0 aliphatic carbocycles. The van der Waals surface area contributed by atoms with E-state index in [2.05, 4.69) is 52.9 Å². The molecule has 1 aromatic rings. The summed E-state index contributed by atoms with van der Waals surface area (Å²) in [6.45, 7) is 6.59. The molecule has 0 heterocycles. The van der Waals surface area contributed by atoms with Crippen molar-refractivity contribution in [3.63, 3.8) is 0 Å². The van der Waals surface area contributed by atoms with Crippen molar-refractivity contribution in [1.82, 2.24) is 0 Å². The molecule has 0 fully saturated rings. The molecule has 1 aromatic carbocycles. The highest BCUT2D eigenvalue weighted by molar-refractivity contribution is 9.10. The van der Waals surface area contributed by atoms with Crippen LogP contribution in [-0.4, -0.2) is 13.1 Å². The molecular weight excluding hydrogens is 226 g/mol. The number of rotatable bonds is 4. The minimum atomic E-state index is 1.07. The molecule has 0 N–H and O–H groups in total. The molecule has 0 saturated carbocycles. The molecule has 0 aliphatic heterocycles. The van der Waals surface area contributed by atoms with Crippen LogP contribution in [0.15, 0.2) is 28.7 Å². The summed E-state index contributed by atoms with van der Waals surface area (Å²) < 4.78 is 1.19. The van der Waals surface area contributed by atoms with Gasteiger partial charge >= 0.3 is 0 Å². The Morgan fingerprint density at radius 1 is 1.23 bits per heavy atom. The van der Waals surface area contributed by atoms with Crippen molar-refractivity contribution in [2.24, 2.45) is 0 Å². The standard InChI is InChI=1S/C11H16BrN/c1-3-9-13(4-2)11-8-6-5-7-10(11)12/h5-8H,3-4,9H2,1-2H3. The average molecular weight is 242 g/mol. The summed E-state index contributed by atoms with van der Waals surface area (Å²) in [7, 11) is 0. The Bertz CT molecular complexity index is 260. The van der Waals surface area contributed by atoms with Crippen LogP contribution in [0.3, 0.4) is 0 Å². The number of hydrogen-bond acceptors (Lipinski definition) is 1. The molecular formula is C11H16BrN. The van der Waals surface area contributed by atoms with Crippen molar-refractivity contribution in [2.45, 2.75) is 20.3 Å². The highest BCUT2D eigenvalue weighted by atomic mass is 79.9.